The Morgan fingerprint density at radius 2 is 1.90 bits per heavy atom. The van der Waals surface area contributed by atoms with Crippen molar-refractivity contribution in [3.05, 3.63) is 70.9 Å². The number of carbonyl (C=O) groups is 1. The van der Waals surface area contributed by atoms with Crippen molar-refractivity contribution in [1.82, 2.24) is 0 Å². The normalized spacial score (nSPS) is 10.6. The van der Waals surface area contributed by atoms with Gasteiger partial charge in [-0.05, 0) is 48.9 Å². The van der Waals surface area contributed by atoms with Gasteiger partial charge in [0.1, 0.15) is 5.75 Å². The average molecular weight is 302 g/mol. The standard InChI is InChI=1S/C17H16ClNO2/c1-12-3-8-15(18)16(11-12)19-10-9-17(20)13-4-6-14(21-2)7-5-13/h3-11,19H,1-2H3/b10-9-. The number of carbonyl (C=O) groups excluding carboxylic acids is 1. The fourth-order valence-electron chi connectivity index (χ4n) is 1.81. The number of halogens is 1. The monoisotopic (exact) mass is 301 g/mol. The van der Waals surface area contributed by atoms with Crippen molar-refractivity contribution in [2.45, 2.75) is 6.92 Å². The number of methoxy groups -OCH3 is 1. The van der Waals surface area contributed by atoms with Crippen LogP contribution in [0.2, 0.25) is 5.02 Å². The van der Waals surface area contributed by atoms with Crippen LogP contribution in [0.3, 0.4) is 0 Å². The van der Waals surface area contributed by atoms with Crippen LogP contribution in [0.5, 0.6) is 5.75 Å². The second kappa shape index (κ2) is 6.95. The third-order valence-corrected chi connectivity index (χ3v) is 3.30. The highest BCUT2D eigenvalue weighted by molar-refractivity contribution is 6.33. The molecule has 108 valence electrons. The highest BCUT2D eigenvalue weighted by Crippen LogP contribution is 2.22. The van der Waals surface area contributed by atoms with E-state index in [1.54, 1.807) is 37.6 Å². The number of hydrogen-bond donors (Lipinski definition) is 1. The molecule has 0 fully saturated rings. The van der Waals surface area contributed by atoms with Crippen LogP contribution >= 0.6 is 11.6 Å². The maximum Gasteiger partial charge on any atom is 0.187 e. The number of nitrogens with one attached hydrogen (secondary N) is 1. The van der Waals surface area contributed by atoms with E-state index in [0.717, 1.165) is 17.0 Å². The summed E-state index contributed by atoms with van der Waals surface area (Å²) in [5.41, 5.74) is 2.47. The van der Waals surface area contributed by atoms with Crippen molar-refractivity contribution in [3.8, 4) is 5.75 Å². The minimum atomic E-state index is -0.0890. The molecule has 2 aromatic rings. The molecule has 0 radical (unpaired) electrons. The summed E-state index contributed by atoms with van der Waals surface area (Å²) in [5.74, 6) is 0.633. The Balaban J connectivity index is 2.03. The van der Waals surface area contributed by atoms with E-state index in [9.17, 15) is 4.79 Å². The molecule has 0 unspecified atom stereocenters. The van der Waals surface area contributed by atoms with Gasteiger partial charge in [-0.15, -0.1) is 0 Å². The van der Waals surface area contributed by atoms with Crippen molar-refractivity contribution >= 4 is 23.1 Å². The first-order valence-electron chi connectivity index (χ1n) is 6.48. The summed E-state index contributed by atoms with van der Waals surface area (Å²) < 4.78 is 5.06. The van der Waals surface area contributed by atoms with Crippen LogP contribution in [0, 0.1) is 6.92 Å². The predicted octanol–water partition coefficient (Wildman–Crippen LogP) is 4.47. The van der Waals surface area contributed by atoms with E-state index < -0.39 is 0 Å². The quantitative estimate of drug-likeness (QED) is 0.654. The lowest BCUT2D eigenvalue weighted by Gasteiger charge is -2.05. The van der Waals surface area contributed by atoms with Crippen molar-refractivity contribution in [2.75, 3.05) is 12.4 Å². The van der Waals surface area contributed by atoms with Gasteiger partial charge in [0.2, 0.25) is 0 Å². The molecule has 1 N–H and O–H groups in total. The molecule has 0 saturated carbocycles. The first kappa shape index (κ1) is 15.1. The summed E-state index contributed by atoms with van der Waals surface area (Å²) in [5, 5.41) is 3.63. The fourth-order valence-corrected chi connectivity index (χ4v) is 1.98. The maximum absolute atomic E-state index is 12.0. The van der Waals surface area contributed by atoms with E-state index in [2.05, 4.69) is 5.32 Å². The molecule has 2 aromatic carbocycles. The van der Waals surface area contributed by atoms with Gasteiger partial charge in [-0.2, -0.15) is 0 Å². The zero-order valence-corrected chi connectivity index (χ0v) is 12.6. The largest absolute Gasteiger partial charge is 0.497 e. The number of benzene rings is 2. The Kier molecular flexibility index (Phi) is 5.01. The molecule has 0 aromatic heterocycles. The Morgan fingerprint density at radius 1 is 1.19 bits per heavy atom. The van der Waals surface area contributed by atoms with E-state index >= 15 is 0 Å². The maximum atomic E-state index is 12.0. The number of rotatable bonds is 5. The molecule has 0 aliphatic carbocycles. The van der Waals surface area contributed by atoms with Gasteiger partial charge >= 0.3 is 0 Å². The number of anilines is 1. The fraction of sp³-hybridized carbons (Fsp3) is 0.118. The second-order valence-electron chi connectivity index (χ2n) is 4.55. The first-order valence-corrected chi connectivity index (χ1v) is 6.85. The molecule has 4 heteroatoms. The van der Waals surface area contributed by atoms with Crippen LogP contribution < -0.4 is 10.1 Å². The third kappa shape index (κ3) is 4.10. The number of hydrogen-bond acceptors (Lipinski definition) is 3. The van der Waals surface area contributed by atoms with Crippen molar-refractivity contribution in [1.29, 1.82) is 0 Å². The summed E-state index contributed by atoms with van der Waals surface area (Å²) in [6.07, 6.45) is 3.06. The Morgan fingerprint density at radius 3 is 2.57 bits per heavy atom. The van der Waals surface area contributed by atoms with Crippen molar-refractivity contribution in [2.24, 2.45) is 0 Å². The molecular formula is C17H16ClNO2. The molecule has 0 amide bonds. The van der Waals surface area contributed by atoms with Crippen LogP contribution in [-0.2, 0) is 0 Å². The molecule has 2 rings (SSSR count). The van der Waals surface area contributed by atoms with Gasteiger partial charge in [-0.25, -0.2) is 0 Å². The minimum Gasteiger partial charge on any atom is -0.497 e. The number of aryl methyl sites for hydroxylation is 1. The Hall–Kier alpha value is -2.26. The number of ether oxygens (including phenoxy) is 1. The summed E-state index contributed by atoms with van der Waals surface area (Å²) in [7, 11) is 1.59. The second-order valence-corrected chi connectivity index (χ2v) is 4.96. The predicted molar refractivity (Wildman–Crippen MR) is 86.3 cm³/mol. The highest BCUT2D eigenvalue weighted by Gasteiger charge is 2.02. The highest BCUT2D eigenvalue weighted by atomic mass is 35.5. The Labute approximate surface area is 129 Å². The first-order chi connectivity index (χ1) is 10.1. The van der Waals surface area contributed by atoms with Crippen LogP contribution in [-0.4, -0.2) is 12.9 Å². The molecule has 0 saturated heterocycles. The van der Waals surface area contributed by atoms with Gasteiger partial charge in [0.25, 0.3) is 0 Å². The van der Waals surface area contributed by atoms with E-state index in [1.807, 2.05) is 25.1 Å². The lowest BCUT2D eigenvalue weighted by molar-refractivity contribution is 0.104. The molecule has 0 aliphatic rings. The zero-order valence-electron chi connectivity index (χ0n) is 11.9. The van der Waals surface area contributed by atoms with Crippen LogP contribution in [0.15, 0.2) is 54.7 Å². The number of ketones is 1. The number of allylic oxidation sites excluding steroid dienone is 1. The van der Waals surface area contributed by atoms with Crippen LogP contribution in [0.25, 0.3) is 0 Å². The molecule has 21 heavy (non-hydrogen) atoms. The topological polar surface area (TPSA) is 38.3 Å². The lowest BCUT2D eigenvalue weighted by atomic mass is 10.1. The van der Waals surface area contributed by atoms with Gasteiger partial charge in [0.05, 0.1) is 17.8 Å². The Bertz CT molecular complexity index is 663. The average Bonchev–Trinajstić information content (AvgIpc) is 2.50. The SMILES string of the molecule is COc1ccc(C(=O)/C=C\Nc2cc(C)ccc2Cl)cc1. The van der Waals surface area contributed by atoms with Gasteiger partial charge in [-0.1, -0.05) is 17.7 Å². The molecule has 0 bridgehead atoms. The van der Waals surface area contributed by atoms with Gasteiger partial charge in [0, 0.05) is 17.8 Å². The third-order valence-electron chi connectivity index (χ3n) is 2.97. The summed E-state index contributed by atoms with van der Waals surface area (Å²) in [4.78, 5) is 12.0. The van der Waals surface area contributed by atoms with E-state index in [4.69, 9.17) is 16.3 Å². The van der Waals surface area contributed by atoms with E-state index in [1.165, 1.54) is 6.08 Å². The van der Waals surface area contributed by atoms with Crippen LogP contribution in [0.4, 0.5) is 5.69 Å². The summed E-state index contributed by atoms with van der Waals surface area (Å²) >= 11 is 6.07. The molecule has 0 atom stereocenters. The summed E-state index contributed by atoms with van der Waals surface area (Å²) in [6.45, 7) is 1.98. The molecule has 3 nitrogen and oxygen atoms in total. The molecule has 0 aliphatic heterocycles. The van der Waals surface area contributed by atoms with Gasteiger partial charge in [0.15, 0.2) is 5.78 Å². The summed E-state index contributed by atoms with van der Waals surface area (Å²) in [6, 6.07) is 12.6. The van der Waals surface area contributed by atoms with Gasteiger partial charge in [-0.3, -0.25) is 4.79 Å². The molecular weight excluding hydrogens is 286 g/mol. The van der Waals surface area contributed by atoms with Crippen molar-refractivity contribution in [3.63, 3.8) is 0 Å². The van der Waals surface area contributed by atoms with E-state index in [0.29, 0.717) is 10.6 Å². The lowest BCUT2D eigenvalue weighted by Crippen LogP contribution is -1.97. The van der Waals surface area contributed by atoms with Gasteiger partial charge < -0.3 is 10.1 Å². The zero-order chi connectivity index (χ0) is 15.2. The van der Waals surface area contributed by atoms with Crippen molar-refractivity contribution < 1.29 is 9.53 Å². The van der Waals surface area contributed by atoms with E-state index in [-0.39, 0.29) is 5.78 Å². The minimum absolute atomic E-state index is 0.0890. The smallest absolute Gasteiger partial charge is 0.187 e. The molecule has 0 heterocycles. The van der Waals surface area contributed by atoms with Crippen LogP contribution in [0.1, 0.15) is 15.9 Å². The molecule has 0 spiro atoms.